The lowest BCUT2D eigenvalue weighted by atomic mass is 10.1. The zero-order chi connectivity index (χ0) is 15.5. The van der Waals surface area contributed by atoms with Gasteiger partial charge in [-0.15, -0.1) is 11.8 Å². The van der Waals surface area contributed by atoms with Gasteiger partial charge < -0.3 is 5.73 Å². The first kappa shape index (κ1) is 15.4. The van der Waals surface area contributed by atoms with E-state index in [0.717, 1.165) is 11.6 Å². The molecule has 0 saturated carbocycles. The van der Waals surface area contributed by atoms with Crippen LogP contribution in [0.25, 0.3) is 0 Å². The smallest absolute Gasteiger partial charge is 0.384 e. The van der Waals surface area contributed by atoms with Crippen molar-refractivity contribution in [3.8, 4) is 0 Å². The maximum atomic E-state index is 12.8. The van der Waals surface area contributed by atoms with Gasteiger partial charge in [0, 0.05) is 16.2 Å². The molecule has 2 rings (SSSR count). The van der Waals surface area contributed by atoms with Gasteiger partial charge in [-0.25, -0.2) is 0 Å². The summed E-state index contributed by atoms with van der Waals surface area (Å²) in [5.41, 5.74) is 5.18. The minimum absolute atomic E-state index is 0.277. The molecule has 2 nitrogen and oxygen atoms in total. The fraction of sp³-hybridized carbons (Fsp3) is 0.133. The second-order valence-corrected chi connectivity index (χ2v) is 5.44. The molecule has 0 aliphatic rings. The number of benzene rings is 2. The zero-order valence-corrected chi connectivity index (χ0v) is 11.8. The van der Waals surface area contributed by atoms with Gasteiger partial charge in [0.2, 0.25) is 0 Å². The van der Waals surface area contributed by atoms with E-state index in [1.165, 1.54) is 23.9 Å². The van der Waals surface area contributed by atoms with E-state index in [2.05, 4.69) is 0 Å². The van der Waals surface area contributed by atoms with Crippen LogP contribution in [0, 0.1) is 5.41 Å². The molecule has 0 aliphatic heterocycles. The third-order valence-corrected chi connectivity index (χ3v) is 3.90. The van der Waals surface area contributed by atoms with Crippen molar-refractivity contribution in [1.29, 1.82) is 5.41 Å². The van der Waals surface area contributed by atoms with E-state index in [1.54, 1.807) is 0 Å². The van der Waals surface area contributed by atoms with Crippen LogP contribution in [0.2, 0.25) is 0 Å². The molecule has 0 aromatic heterocycles. The molecule has 3 N–H and O–H groups in total. The van der Waals surface area contributed by atoms with Gasteiger partial charge in [-0.2, -0.15) is 13.2 Å². The van der Waals surface area contributed by atoms with Crippen molar-refractivity contribution in [1.82, 2.24) is 0 Å². The van der Waals surface area contributed by atoms with Crippen LogP contribution in [0.15, 0.2) is 53.4 Å². The minimum Gasteiger partial charge on any atom is -0.384 e. The Balaban J connectivity index is 2.22. The maximum Gasteiger partial charge on any atom is 0.417 e. The molecule has 2 aromatic carbocycles. The molecule has 0 aliphatic carbocycles. The van der Waals surface area contributed by atoms with Crippen LogP contribution in [0.1, 0.15) is 16.7 Å². The first-order valence-corrected chi connectivity index (χ1v) is 7.09. The first-order valence-electron chi connectivity index (χ1n) is 6.10. The van der Waals surface area contributed by atoms with Gasteiger partial charge in [0.25, 0.3) is 0 Å². The Hall–Kier alpha value is -1.95. The van der Waals surface area contributed by atoms with Crippen molar-refractivity contribution in [3.05, 3.63) is 65.2 Å². The molecule has 0 amide bonds. The maximum absolute atomic E-state index is 12.8. The second-order valence-electron chi connectivity index (χ2n) is 4.39. The fourth-order valence-electron chi connectivity index (χ4n) is 1.82. The summed E-state index contributed by atoms with van der Waals surface area (Å²) >= 11 is 1.40. The third-order valence-electron chi connectivity index (χ3n) is 2.83. The topological polar surface area (TPSA) is 49.9 Å². The Bertz CT molecular complexity index is 639. The number of nitrogens with one attached hydrogen (secondary N) is 1. The van der Waals surface area contributed by atoms with Gasteiger partial charge in [0.05, 0.1) is 5.56 Å². The van der Waals surface area contributed by atoms with Crippen LogP contribution in [-0.2, 0) is 11.9 Å². The molecule has 0 fully saturated rings. The Kier molecular flexibility index (Phi) is 4.57. The summed E-state index contributed by atoms with van der Waals surface area (Å²) in [5.74, 6) is 0.0632. The average Bonchev–Trinajstić information content (AvgIpc) is 2.45. The monoisotopic (exact) mass is 310 g/mol. The predicted molar refractivity (Wildman–Crippen MR) is 78.5 cm³/mol. The van der Waals surface area contributed by atoms with Crippen LogP contribution in [-0.4, -0.2) is 5.84 Å². The second kappa shape index (κ2) is 6.22. The van der Waals surface area contributed by atoms with Crippen LogP contribution >= 0.6 is 11.8 Å². The lowest BCUT2D eigenvalue weighted by molar-refractivity contribution is -0.137. The third kappa shape index (κ3) is 4.01. The molecule has 2 aromatic rings. The number of thioether (sulfide) groups is 1. The molecular weight excluding hydrogens is 297 g/mol. The van der Waals surface area contributed by atoms with Gasteiger partial charge in [-0.1, -0.05) is 30.3 Å². The highest BCUT2D eigenvalue weighted by atomic mass is 32.2. The minimum atomic E-state index is -4.51. The Morgan fingerprint density at radius 1 is 1.10 bits per heavy atom. The van der Waals surface area contributed by atoms with Crippen molar-refractivity contribution in [2.45, 2.75) is 16.8 Å². The van der Waals surface area contributed by atoms with E-state index in [9.17, 15) is 13.2 Å². The average molecular weight is 310 g/mol. The first-order chi connectivity index (χ1) is 9.88. The van der Waals surface area contributed by atoms with Gasteiger partial charge >= 0.3 is 6.18 Å². The summed E-state index contributed by atoms with van der Waals surface area (Å²) in [5, 5.41) is 7.32. The molecule has 0 bridgehead atoms. The van der Waals surface area contributed by atoms with Crippen molar-refractivity contribution in [2.24, 2.45) is 5.73 Å². The van der Waals surface area contributed by atoms with Crippen LogP contribution < -0.4 is 5.73 Å². The summed E-state index contributed by atoms with van der Waals surface area (Å²) in [6, 6.07) is 13.3. The van der Waals surface area contributed by atoms with Crippen LogP contribution in [0.3, 0.4) is 0 Å². The van der Waals surface area contributed by atoms with E-state index < -0.39 is 17.6 Å². The number of amidine groups is 1. The molecule has 0 unspecified atom stereocenters. The highest BCUT2D eigenvalue weighted by Gasteiger charge is 2.34. The Morgan fingerprint density at radius 2 is 1.76 bits per heavy atom. The Morgan fingerprint density at radius 3 is 2.33 bits per heavy atom. The van der Waals surface area contributed by atoms with Crippen molar-refractivity contribution in [2.75, 3.05) is 0 Å². The lowest BCUT2D eigenvalue weighted by Crippen LogP contribution is -2.18. The van der Waals surface area contributed by atoms with Gasteiger partial charge in [-0.3, -0.25) is 5.41 Å². The number of alkyl halides is 3. The van der Waals surface area contributed by atoms with Crippen LogP contribution in [0.5, 0.6) is 0 Å². The number of hydrogen-bond acceptors (Lipinski definition) is 2. The van der Waals surface area contributed by atoms with Crippen molar-refractivity contribution < 1.29 is 13.2 Å². The molecule has 0 heterocycles. The largest absolute Gasteiger partial charge is 0.417 e. The molecular formula is C15H13F3N2S. The SMILES string of the molecule is N=C(N)c1cc(SCc2ccccc2)ccc1C(F)(F)F. The summed E-state index contributed by atoms with van der Waals surface area (Å²) < 4.78 is 38.5. The van der Waals surface area contributed by atoms with E-state index in [-0.39, 0.29) is 5.56 Å². The highest BCUT2D eigenvalue weighted by molar-refractivity contribution is 7.98. The standard InChI is InChI=1S/C15H13F3N2S/c16-15(17,18)13-7-6-11(8-12(13)14(19)20)21-9-10-4-2-1-3-5-10/h1-8H,9H2,(H3,19,20). The molecule has 0 atom stereocenters. The lowest BCUT2D eigenvalue weighted by Gasteiger charge is -2.13. The Labute approximate surface area is 124 Å². The summed E-state index contributed by atoms with van der Waals surface area (Å²) in [6.45, 7) is 0. The number of nitrogen functional groups attached to an aromatic ring is 1. The van der Waals surface area contributed by atoms with E-state index in [0.29, 0.717) is 10.6 Å². The number of nitrogens with two attached hydrogens (primary N) is 1. The van der Waals surface area contributed by atoms with Crippen molar-refractivity contribution in [3.63, 3.8) is 0 Å². The zero-order valence-electron chi connectivity index (χ0n) is 10.9. The van der Waals surface area contributed by atoms with E-state index >= 15 is 0 Å². The molecule has 0 spiro atoms. The predicted octanol–water partition coefficient (Wildman–Crippen LogP) is 4.28. The highest BCUT2D eigenvalue weighted by Crippen LogP contribution is 2.34. The molecule has 21 heavy (non-hydrogen) atoms. The molecule has 0 saturated heterocycles. The van der Waals surface area contributed by atoms with Gasteiger partial charge in [0.15, 0.2) is 0 Å². The quantitative estimate of drug-likeness (QED) is 0.503. The molecule has 110 valence electrons. The fourth-order valence-corrected chi connectivity index (χ4v) is 2.72. The normalized spacial score (nSPS) is 11.4. The van der Waals surface area contributed by atoms with Gasteiger partial charge in [-0.05, 0) is 23.8 Å². The number of halogens is 3. The van der Waals surface area contributed by atoms with Gasteiger partial charge in [0.1, 0.15) is 5.84 Å². The molecule has 0 radical (unpaired) electrons. The summed E-state index contributed by atoms with van der Waals surface area (Å²) in [7, 11) is 0. The van der Waals surface area contributed by atoms with Crippen LogP contribution in [0.4, 0.5) is 13.2 Å². The molecule has 6 heteroatoms. The summed E-state index contributed by atoms with van der Waals surface area (Å²) in [6.07, 6.45) is -4.51. The number of hydrogen-bond donors (Lipinski definition) is 2. The number of rotatable bonds is 4. The summed E-state index contributed by atoms with van der Waals surface area (Å²) in [4.78, 5) is 0.650. The van der Waals surface area contributed by atoms with E-state index in [1.807, 2.05) is 30.3 Å². The van der Waals surface area contributed by atoms with E-state index in [4.69, 9.17) is 11.1 Å². The van der Waals surface area contributed by atoms with Crippen molar-refractivity contribution >= 4 is 17.6 Å².